The molecule has 0 atom stereocenters. The SMILES string of the molecule is Cc1cc(-c2ccc3c(c2Cc2ccccc2C#N)CCC(=O)C3)cn(C)c1=O.N#Cc1ccccc1Cc1c(Cl)ccc2c1CCC(=O)C2. The van der Waals surface area contributed by atoms with Gasteiger partial charge in [-0.25, -0.2) is 0 Å². The third-order valence-electron chi connectivity index (χ3n) is 9.77. The zero-order chi connectivity index (χ0) is 35.4. The molecule has 1 aromatic heterocycles. The van der Waals surface area contributed by atoms with Gasteiger partial charge in [-0.2, -0.15) is 10.5 Å². The highest BCUT2D eigenvalue weighted by Gasteiger charge is 2.23. The summed E-state index contributed by atoms with van der Waals surface area (Å²) in [5, 5.41) is 19.5. The summed E-state index contributed by atoms with van der Waals surface area (Å²) < 4.78 is 1.61. The predicted octanol–water partition coefficient (Wildman–Crippen LogP) is 7.74. The lowest BCUT2D eigenvalue weighted by Crippen LogP contribution is -2.19. The molecule has 2 aliphatic carbocycles. The van der Waals surface area contributed by atoms with E-state index in [1.807, 2.05) is 85.9 Å². The largest absolute Gasteiger partial charge is 0.318 e. The molecule has 1 heterocycles. The number of rotatable bonds is 5. The van der Waals surface area contributed by atoms with Crippen LogP contribution in [0.5, 0.6) is 0 Å². The van der Waals surface area contributed by atoms with Crippen LogP contribution in [0.3, 0.4) is 0 Å². The maximum Gasteiger partial charge on any atom is 0.253 e. The number of hydrogen-bond acceptors (Lipinski definition) is 5. The Morgan fingerprint density at radius 3 is 1.78 bits per heavy atom. The van der Waals surface area contributed by atoms with Crippen LogP contribution in [0.4, 0.5) is 0 Å². The number of pyridine rings is 1. The zero-order valence-corrected chi connectivity index (χ0v) is 28.9. The standard InChI is InChI=1S/C25H22N2O2.C18H14ClNO/c1-16-11-20(15-27(2)25(16)29)23-9-7-18-12-21(28)8-10-22(18)24(23)13-17-5-3-4-6-19(17)14-26;19-18-8-5-13-9-15(21)6-7-16(13)17(18)10-12-3-1-2-4-14(12)11-20/h3-7,9,11,15H,8,10,12-13H2,1-2H3;1-5,8H,6-7,9-10H2. The van der Waals surface area contributed by atoms with Crippen molar-refractivity contribution in [2.24, 2.45) is 7.05 Å². The van der Waals surface area contributed by atoms with Crippen molar-refractivity contribution < 1.29 is 9.59 Å². The van der Waals surface area contributed by atoms with E-state index in [0.29, 0.717) is 55.2 Å². The Hall–Kier alpha value is -5.56. The molecule has 6 nitrogen and oxygen atoms in total. The van der Waals surface area contributed by atoms with Crippen molar-refractivity contribution >= 4 is 23.2 Å². The minimum absolute atomic E-state index is 0.00585. The van der Waals surface area contributed by atoms with Gasteiger partial charge in [-0.15, -0.1) is 0 Å². The van der Waals surface area contributed by atoms with Crippen LogP contribution in [0.2, 0.25) is 5.02 Å². The summed E-state index contributed by atoms with van der Waals surface area (Å²) in [7, 11) is 1.76. The molecule has 0 saturated heterocycles. The minimum atomic E-state index is -0.00585. The van der Waals surface area contributed by atoms with Crippen molar-refractivity contribution in [1.82, 2.24) is 4.57 Å². The highest BCUT2D eigenvalue weighted by atomic mass is 35.5. The summed E-state index contributed by atoms with van der Waals surface area (Å²) in [5.41, 5.74) is 12.8. The molecule has 0 spiro atoms. The molecule has 50 heavy (non-hydrogen) atoms. The van der Waals surface area contributed by atoms with Gasteiger partial charge in [-0.3, -0.25) is 14.4 Å². The topological polar surface area (TPSA) is 104 Å². The van der Waals surface area contributed by atoms with Gasteiger partial charge in [0.1, 0.15) is 11.6 Å². The van der Waals surface area contributed by atoms with Crippen molar-refractivity contribution in [3.05, 3.63) is 162 Å². The first-order chi connectivity index (χ1) is 24.2. The Bertz CT molecular complexity index is 2280. The second-order valence-electron chi connectivity index (χ2n) is 13.0. The van der Waals surface area contributed by atoms with Gasteiger partial charge < -0.3 is 4.57 Å². The number of carbonyl (C=O) groups excluding carboxylic acids is 2. The molecule has 5 aromatic rings. The van der Waals surface area contributed by atoms with Gasteiger partial charge in [0.2, 0.25) is 0 Å². The Balaban J connectivity index is 0.000000182. The smallest absolute Gasteiger partial charge is 0.253 e. The summed E-state index contributed by atoms with van der Waals surface area (Å²) in [6.07, 6.45) is 6.70. The molecular weight excluding hydrogens is 642 g/mol. The molecule has 248 valence electrons. The van der Waals surface area contributed by atoms with E-state index in [9.17, 15) is 24.9 Å². The Kier molecular flexibility index (Phi) is 10.2. The predicted molar refractivity (Wildman–Crippen MR) is 195 cm³/mol. The first kappa shape index (κ1) is 34.3. The highest BCUT2D eigenvalue weighted by molar-refractivity contribution is 6.31. The monoisotopic (exact) mass is 677 g/mol. The molecule has 4 aromatic carbocycles. The quantitative estimate of drug-likeness (QED) is 0.189. The first-order valence-corrected chi connectivity index (χ1v) is 17.1. The number of aryl methyl sites for hydroxylation is 2. The summed E-state index contributed by atoms with van der Waals surface area (Å²) >= 11 is 6.38. The van der Waals surface area contributed by atoms with Crippen LogP contribution in [0.15, 0.2) is 89.9 Å². The summed E-state index contributed by atoms with van der Waals surface area (Å²) in [6, 6.07) is 29.6. The molecule has 0 N–H and O–H groups in total. The van der Waals surface area contributed by atoms with E-state index in [2.05, 4.69) is 18.2 Å². The number of nitriles is 2. The van der Waals surface area contributed by atoms with E-state index in [1.54, 1.807) is 11.6 Å². The number of ketones is 2. The molecule has 0 fully saturated rings. The zero-order valence-electron chi connectivity index (χ0n) is 28.2. The molecular formula is C43H36ClN3O3. The third kappa shape index (κ3) is 7.22. The lowest BCUT2D eigenvalue weighted by atomic mass is 9.81. The van der Waals surface area contributed by atoms with Crippen molar-refractivity contribution in [3.63, 3.8) is 0 Å². The van der Waals surface area contributed by atoms with E-state index < -0.39 is 0 Å². The fraction of sp³-hybridized carbons (Fsp3) is 0.233. The van der Waals surface area contributed by atoms with Crippen LogP contribution in [0.1, 0.15) is 74.0 Å². The number of hydrogen-bond donors (Lipinski definition) is 0. The Morgan fingerprint density at radius 1 is 0.700 bits per heavy atom. The van der Waals surface area contributed by atoms with E-state index >= 15 is 0 Å². The fourth-order valence-electron chi connectivity index (χ4n) is 7.18. The Morgan fingerprint density at radius 2 is 1.22 bits per heavy atom. The Labute approximate surface area is 297 Å². The van der Waals surface area contributed by atoms with Gasteiger partial charge in [0.25, 0.3) is 5.56 Å². The van der Waals surface area contributed by atoms with Crippen molar-refractivity contribution in [1.29, 1.82) is 10.5 Å². The molecule has 2 aliphatic rings. The summed E-state index contributed by atoms with van der Waals surface area (Å²) in [5.74, 6) is 0.555. The number of benzene rings is 4. The van der Waals surface area contributed by atoms with E-state index in [0.717, 1.165) is 62.4 Å². The second-order valence-corrected chi connectivity index (χ2v) is 13.5. The lowest BCUT2D eigenvalue weighted by molar-refractivity contribution is -0.119. The van der Waals surface area contributed by atoms with Crippen LogP contribution in [0.25, 0.3) is 11.1 Å². The number of Topliss-reactive ketones (excluding diaryl/α,β-unsaturated/α-hetero) is 2. The van der Waals surface area contributed by atoms with Crippen LogP contribution >= 0.6 is 11.6 Å². The van der Waals surface area contributed by atoms with E-state index in [-0.39, 0.29) is 17.1 Å². The lowest BCUT2D eigenvalue weighted by Gasteiger charge is -2.23. The minimum Gasteiger partial charge on any atom is -0.318 e. The maximum absolute atomic E-state index is 12.2. The van der Waals surface area contributed by atoms with Crippen LogP contribution in [-0.2, 0) is 55.2 Å². The normalized spacial score (nSPS) is 13.3. The van der Waals surface area contributed by atoms with Crippen LogP contribution in [-0.4, -0.2) is 16.1 Å². The number of aromatic nitrogens is 1. The van der Waals surface area contributed by atoms with Crippen molar-refractivity contribution in [2.45, 2.75) is 58.3 Å². The number of fused-ring (bicyclic) bond motifs is 2. The molecule has 0 radical (unpaired) electrons. The molecule has 0 aliphatic heterocycles. The van der Waals surface area contributed by atoms with Gasteiger partial charge in [0, 0.05) is 55.9 Å². The van der Waals surface area contributed by atoms with Crippen molar-refractivity contribution in [2.75, 3.05) is 0 Å². The second kappa shape index (κ2) is 14.9. The van der Waals surface area contributed by atoms with Gasteiger partial charge in [0.15, 0.2) is 0 Å². The first-order valence-electron chi connectivity index (χ1n) is 16.8. The average Bonchev–Trinajstić information content (AvgIpc) is 3.12. The maximum atomic E-state index is 12.2. The van der Waals surface area contributed by atoms with Gasteiger partial charge in [-0.05, 0) is 106 Å². The molecule has 0 saturated carbocycles. The molecule has 7 heteroatoms. The molecule has 7 rings (SSSR count). The number of nitrogens with zero attached hydrogens (tertiary/aromatic N) is 3. The van der Waals surface area contributed by atoms with Crippen LogP contribution in [0, 0.1) is 29.6 Å². The average molecular weight is 678 g/mol. The molecule has 0 bridgehead atoms. The number of carbonyl (C=O) groups is 2. The third-order valence-corrected chi connectivity index (χ3v) is 10.1. The summed E-state index contributed by atoms with van der Waals surface area (Å²) in [4.78, 5) is 35.8. The van der Waals surface area contributed by atoms with E-state index in [1.165, 1.54) is 11.1 Å². The van der Waals surface area contributed by atoms with Gasteiger partial charge in [0.05, 0.1) is 23.3 Å². The molecule has 0 unspecified atom stereocenters. The van der Waals surface area contributed by atoms with Gasteiger partial charge in [-0.1, -0.05) is 66.2 Å². The highest BCUT2D eigenvalue weighted by Crippen LogP contribution is 2.35. The molecule has 0 amide bonds. The van der Waals surface area contributed by atoms with E-state index in [4.69, 9.17) is 11.6 Å². The van der Waals surface area contributed by atoms with Gasteiger partial charge >= 0.3 is 0 Å². The number of halogens is 1. The summed E-state index contributed by atoms with van der Waals surface area (Å²) in [6.45, 7) is 1.83. The fourth-order valence-corrected chi connectivity index (χ4v) is 7.42. The van der Waals surface area contributed by atoms with Crippen molar-refractivity contribution in [3.8, 4) is 23.3 Å². The van der Waals surface area contributed by atoms with Crippen LogP contribution < -0.4 is 5.56 Å².